The van der Waals surface area contributed by atoms with E-state index in [2.05, 4.69) is 14.7 Å². The monoisotopic (exact) mass is 305 g/mol. The van der Waals surface area contributed by atoms with E-state index < -0.39 is 10.0 Å². The van der Waals surface area contributed by atoms with Crippen molar-refractivity contribution in [2.75, 3.05) is 0 Å². The zero-order chi connectivity index (χ0) is 15.5. The molecular formula is C15H19N3O2S. The van der Waals surface area contributed by atoms with Crippen LogP contribution in [-0.2, 0) is 22.0 Å². The van der Waals surface area contributed by atoms with E-state index >= 15 is 0 Å². The van der Waals surface area contributed by atoms with Crippen LogP contribution in [0.15, 0.2) is 47.8 Å². The number of rotatable bonds is 4. The van der Waals surface area contributed by atoms with Crippen molar-refractivity contribution in [3.63, 3.8) is 0 Å². The number of aromatic nitrogens is 2. The van der Waals surface area contributed by atoms with Crippen LogP contribution in [0, 0.1) is 0 Å². The lowest BCUT2D eigenvalue weighted by Gasteiger charge is -2.21. The van der Waals surface area contributed by atoms with Crippen molar-refractivity contribution in [1.82, 2.24) is 14.7 Å². The molecule has 2 aromatic rings. The van der Waals surface area contributed by atoms with Gasteiger partial charge in [-0.3, -0.25) is 0 Å². The van der Waals surface area contributed by atoms with Crippen LogP contribution in [-0.4, -0.2) is 18.4 Å². The van der Waals surface area contributed by atoms with Gasteiger partial charge < -0.3 is 0 Å². The van der Waals surface area contributed by atoms with Crippen LogP contribution in [0.3, 0.4) is 0 Å². The van der Waals surface area contributed by atoms with Gasteiger partial charge in [-0.2, -0.15) is 0 Å². The first-order valence-corrected chi connectivity index (χ1v) is 8.13. The van der Waals surface area contributed by atoms with Crippen molar-refractivity contribution in [1.29, 1.82) is 0 Å². The van der Waals surface area contributed by atoms with E-state index in [-0.39, 0.29) is 16.9 Å². The van der Waals surface area contributed by atoms with E-state index in [0.29, 0.717) is 0 Å². The number of sulfonamides is 1. The van der Waals surface area contributed by atoms with Gasteiger partial charge in [-0.05, 0) is 12.1 Å². The molecule has 1 aromatic heterocycles. The SMILES string of the molecule is CC(C)(C)c1ncncc1CNS(=O)(=O)c1ccccc1. The molecule has 5 nitrogen and oxygen atoms in total. The van der Waals surface area contributed by atoms with E-state index in [0.717, 1.165) is 11.3 Å². The van der Waals surface area contributed by atoms with Crippen LogP contribution < -0.4 is 4.72 Å². The third-order valence-corrected chi connectivity index (χ3v) is 4.42. The van der Waals surface area contributed by atoms with Gasteiger partial charge >= 0.3 is 0 Å². The van der Waals surface area contributed by atoms with Crippen LogP contribution in [0.25, 0.3) is 0 Å². The molecule has 0 saturated heterocycles. The van der Waals surface area contributed by atoms with Crippen molar-refractivity contribution in [3.05, 3.63) is 54.1 Å². The third-order valence-electron chi connectivity index (χ3n) is 3.00. The van der Waals surface area contributed by atoms with E-state index in [1.54, 1.807) is 36.5 Å². The van der Waals surface area contributed by atoms with Gasteiger partial charge in [0.25, 0.3) is 0 Å². The topological polar surface area (TPSA) is 72.0 Å². The summed E-state index contributed by atoms with van der Waals surface area (Å²) in [5.74, 6) is 0. The lowest BCUT2D eigenvalue weighted by Crippen LogP contribution is -2.26. The number of hydrogen-bond donors (Lipinski definition) is 1. The van der Waals surface area contributed by atoms with Crippen molar-refractivity contribution in [2.24, 2.45) is 0 Å². The molecule has 112 valence electrons. The first kappa shape index (κ1) is 15.6. The molecule has 1 N–H and O–H groups in total. The Bertz CT molecular complexity index is 707. The van der Waals surface area contributed by atoms with Gasteiger partial charge in [-0.25, -0.2) is 23.1 Å². The molecule has 1 heterocycles. The van der Waals surface area contributed by atoms with Crippen LogP contribution in [0.1, 0.15) is 32.0 Å². The molecule has 0 amide bonds. The quantitative estimate of drug-likeness (QED) is 0.940. The second-order valence-corrected chi connectivity index (χ2v) is 7.55. The summed E-state index contributed by atoms with van der Waals surface area (Å²) >= 11 is 0. The number of hydrogen-bond acceptors (Lipinski definition) is 4. The maximum atomic E-state index is 12.2. The fourth-order valence-corrected chi connectivity index (χ4v) is 3.05. The predicted molar refractivity (Wildman–Crippen MR) is 81.2 cm³/mol. The van der Waals surface area contributed by atoms with Gasteiger partial charge in [0.05, 0.1) is 10.6 Å². The summed E-state index contributed by atoms with van der Waals surface area (Å²) in [6.45, 7) is 6.27. The molecule has 2 rings (SSSR count). The largest absolute Gasteiger partial charge is 0.244 e. The van der Waals surface area contributed by atoms with Gasteiger partial charge in [0, 0.05) is 23.7 Å². The summed E-state index contributed by atoms with van der Waals surface area (Å²) in [5, 5.41) is 0. The Morgan fingerprint density at radius 2 is 1.81 bits per heavy atom. The van der Waals surface area contributed by atoms with Crippen LogP contribution in [0.2, 0.25) is 0 Å². The molecule has 0 radical (unpaired) electrons. The molecule has 0 unspecified atom stereocenters. The molecule has 0 aliphatic heterocycles. The first-order chi connectivity index (χ1) is 9.81. The second-order valence-electron chi connectivity index (χ2n) is 5.78. The summed E-state index contributed by atoms with van der Waals surface area (Å²) in [6, 6.07) is 8.30. The maximum Gasteiger partial charge on any atom is 0.240 e. The standard InChI is InChI=1S/C15H19N3O2S/c1-15(2,3)14-12(9-16-11-17-14)10-18-21(19,20)13-7-5-4-6-8-13/h4-9,11,18H,10H2,1-3H3. The van der Waals surface area contributed by atoms with E-state index in [9.17, 15) is 8.42 Å². The smallest absolute Gasteiger partial charge is 0.240 e. The Balaban J connectivity index is 2.22. The molecule has 0 saturated carbocycles. The lowest BCUT2D eigenvalue weighted by molar-refractivity contribution is 0.551. The average molecular weight is 305 g/mol. The van der Waals surface area contributed by atoms with E-state index in [1.165, 1.54) is 6.33 Å². The highest BCUT2D eigenvalue weighted by Gasteiger charge is 2.21. The maximum absolute atomic E-state index is 12.2. The van der Waals surface area contributed by atoms with Gasteiger partial charge in [-0.15, -0.1) is 0 Å². The summed E-state index contributed by atoms with van der Waals surface area (Å²) in [5.41, 5.74) is 1.45. The Hall–Kier alpha value is -1.79. The molecule has 0 aliphatic rings. The Labute approximate surface area is 125 Å². The second kappa shape index (κ2) is 5.91. The molecule has 0 aliphatic carbocycles. The summed E-state index contributed by atoms with van der Waals surface area (Å²) in [6.07, 6.45) is 3.14. The van der Waals surface area contributed by atoms with Crippen LogP contribution in [0.5, 0.6) is 0 Å². The summed E-state index contributed by atoms with van der Waals surface area (Å²) in [7, 11) is -3.53. The fourth-order valence-electron chi connectivity index (χ4n) is 2.02. The van der Waals surface area contributed by atoms with E-state index in [4.69, 9.17) is 0 Å². The predicted octanol–water partition coefficient (Wildman–Crippen LogP) is 2.25. The molecule has 0 bridgehead atoms. The van der Waals surface area contributed by atoms with Crippen molar-refractivity contribution in [2.45, 2.75) is 37.6 Å². The third kappa shape index (κ3) is 3.86. The molecule has 21 heavy (non-hydrogen) atoms. The highest BCUT2D eigenvalue weighted by molar-refractivity contribution is 7.89. The molecule has 0 atom stereocenters. The lowest BCUT2D eigenvalue weighted by atomic mass is 9.89. The van der Waals surface area contributed by atoms with E-state index in [1.807, 2.05) is 20.8 Å². The Kier molecular flexibility index (Phi) is 4.39. The van der Waals surface area contributed by atoms with Crippen LogP contribution in [0.4, 0.5) is 0 Å². The number of nitrogens with zero attached hydrogens (tertiary/aromatic N) is 2. The minimum atomic E-state index is -3.53. The van der Waals surface area contributed by atoms with Gasteiger partial charge in [0.2, 0.25) is 10.0 Å². The summed E-state index contributed by atoms with van der Waals surface area (Å²) < 4.78 is 27.0. The minimum absolute atomic E-state index is 0.170. The van der Waals surface area contributed by atoms with Crippen molar-refractivity contribution in [3.8, 4) is 0 Å². The van der Waals surface area contributed by atoms with Gasteiger partial charge in [0.15, 0.2) is 0 Å². The van der Waals surface area contributed by atoms with Gasteiger partial charge in [0.1, 0.15) is 6.33 Å². The van der Waals surface area contributed by atoms with Crippen molar-refractivity contribution >= 4 is 10.0 Å². The Morgan fingerprint density at radius 1 is 1.14 bits per heavy atom. The summed E-state index contributed by atoms with van der Waals surface area (Å²) in [4.78, 5) is 8.51. The number of nitrogens with one attached hydrogen (secondary N) is 1. The fraction of sp³-hybridized carbons (Fsp3) is 0.333. The highest BCUT2D eigenvalue weighted by atomic mass is 32.2. The average Bonchev–Trinajstić information content (AvgIpc) is 2.45. The van der Waals surface area contributed by atoms with Gasteiger partial charge in [-0.1, -0.05) is 39.0 Å². The molecular weight excluding hydrogens is 286 g/mol. The van der Waals surface area contributed by atoms with Crippen molar-refractivity contribution < 1.29 is 8.42 Å². The zero-order valence-electron chi connectivity index (χ0n) is 12.4. The minimum Gasteiger partial charge on any atom is -0.244 e. The first-order valence-electron chi connectivity index (χ1n) is 6.65. The number of benzene rings is 1. The Morgan fingerprint density at radius 3 is 2.43 bits per heavy atom. The molecule has 0 spiro atoms. The molecule has 0 fully saturated rings. The normalized spacial score (nSPS) is 12.3. The molecule has 1 aromatic carbocycles. The van der Waals surface area contributed by atoms with Crippen LogP contribution >= 0.6 is 0 Å². The molecule has 6 heteroatoms. The highest BCUT2D eigenvalue weighted by Crippen LogP contribution is 2.23. The zero-order valence-corrected chi connectivity index (χ0v) is 13.2.